The van der Waals surface area contributed by atoms with E-state index in [0.29, 0.717) is 37.6 Å². The topological polar surface area (TPSA) is 102 Å². The zero-order chi connectivity index (χ0) is 24.8. The van der Waals surface area contributed by atoms with Crippen LogP contribution in [0.15, 0.2) is 59.0 Å². The Morgan fingerprint density at radius 3 is 2.69 bits per heavy atom. The van der Waals surface area contributed by atoms with E-state index >= 15 is 0 Å². The molecule has 3 aromatic rings. The summed E-state index contributed by atoms with van der Waals surface area (Å²) in [6.07, 6.45) is 0.675. The number of aliphatic carboxylic acids is 1. The van der Waals surface area contributed by atoms with Crippen molar-refractivity contribution in [2.24, 2.45) is 11.8 Å². The van der Waals surface area contributed by atoms with Crippen molar-refractivity contribution < 1.29 is 28.6 Å². The number of nitrogens with zero attached hydrogens (tertiary/aromatic N) is 2. The van der Waals surface area contributed by atoms with Gasteiger partial charge in [-0.05, 0) is 56.0 Å². The molecule has 1 fully saturated rings. The molecule has 1 amide bonds. The Bertz CT molecular complexity index is 1160. The number of aryl methyl sites for hydroxylation is 1. The number of carboxylic acid groups (broad SMARTS) is 1. The highest BCUT2D eigenvalue weighted by Crippen LogP contribution is 2.29. The van der Waals surface area contributed by atoms with Crippen LogP contribution in [-0.4, -0.2) is 53.4 Å². The number of likely N-dealkylation sites (tertiary alicyclic amines) is 1. The molecule has 0 unspecified atom stereocenters. The molecule has 0 bridgehead atoms. The Kier molecular flexibility index (Phi) is 7.70. The van der Waals surface area contributed by atoms with E-state index in [2.05, 4.69) is 4.98 Å². The van der Waals surface area contributed by atoms with E-state index < -0.39 is 18.0 Å². The lowest BCUT2D eigenvalue weighted by Gasteiger charge is -2.16. The van der Waals surface area contributed by atoms with Gasteiger partial charge in [-0.15, -0.1) is 0 Å². The molecule has 0 saturated carbocycles. The molecular weight excluding hydrogens is 448 g/mol. The van der Waals surface area contributed by atoms with E-state index in [1.54, 1.807) is 6.92 Å². The number of rotatable bonds is 9. The van der Waals surface area contributed by atoms with Gasteiger partial charge in [0.2, 0.25) is 5.89 Å². The minimum atomic E-state index is -0.896. The largest absolute Gasteiger partial charge is 0.493 e. The van der Waals surface area contributed by atoms with Gasteiger partial charge in [-0.1, -0.05) is 30.3 Å². The van der Waals surface area contributed by atoms with Gasteiger partial charge in [0.05, 0.1) is 24.8 Å². The van der Waals surface area contributed by atoms with Crippen LogP contribution in [0, 0.1) is 18.8 Å². The van der Waals surface area contributed by atoms with Crippen molar-refractivity contribution in [3.63, 3.8) is 0 Å². The monoisotopic (exact) mass is 478 g/mol. The molecule has 2 atom stereocenters. The zero-order valence-corrected chi connectivity index (χ0v) is 20.0. The fourth-order valence-corrected chi connectivity index (χ4v) is 4.42. The van der Waals surface area contributed by atoms with Gasteiger partial charge in [-0.3, -0.25) is 4.79 Å². The first-order valence-corrected chi connectivity index (χ1v) is 11.8. The Labute approximate surface area is 204 Å². The summed E-state index contributed by atoms with van der Waals surface area (Å²) in [7, 11) is 0. The summed E-state index contributed by atoms with van der Waals surface area (Å²) >= 11 is 0. The van der Waals surface area contributed by atoms with Crippen LogP contribution in [0.3, 0.4) is 0 Å². The first-order valence-electron chi connectivity index (χ1n) is 11.8. The Balaban J connectivity index is 1.35. The number of carboxylic acids is 1. The van der Waals surface area contributed by atoms with Crippen molar-refractivity contribution in [2.45, 2.75) is 26.7 Å². The fourth-order valence-electron chi connectivity index (χ4n) is 4.42. The Hall–Kier alpha value is -3.81. The summed E-state index contributed by atoms with van der Waals surface area (Å²) in [5, 5.41) is 9.65. The minimum absolute atomic E-state index is 0.164. The maximum absolute atomic E-state index is 12.1. The van der Waals surface area contributed by atoms with Crippen molar-refractivity contribution in [3.05, 3.63) is 71.6 Å². The van der Waals surface area contributed by atoms with E-state index in [1.807, 2.05) is 61.5 Å². The second-order valence-electron chi connectivity index (χ2n) is 8.65. The number of amides is 1. The molecule has 0 spiro atoms. The number of benzene rings is 2. The van der Waals surface area contributed by atoms with Crippen molar-refractivity contribution in [1.82, 2.24) is 9.88 Å². The molecule has 1 saturated heterocycles. The van der Waals surface area contributed by atoms with Crippen LogP contribution in [0.4, 0.5) is 4.79 Å². The molecule has 2 aromatic carbocycles. The van der Waals surface area contributed by atoms with Gasteiger partial charge in [-0.2, -0.15) is 0 Å². The zero-order valence-electron chi connectivity index (χ0n) is 20.0. The van der Waals surface area contributed by atoms with Crippen molar-refractivity contribution in [1.29, 1.82) is 0 Å². The Morgan fingerprint density at radius 2 is 1.94 bits per heavy atom. The van der Waals surface area contributed by atoms with E-state index in [-0.39, 0.29) is 19.1 Å². The van der Waals surface area contributed by atoms with Crippen molar-refractivity contribution in [2.75, 3.05) is 26.3 Å². The number of hydrogen-bond donors (Lipinski definition) is 1. The van der Waals surface area contributed by atoms with E-state index in [9.17, 15) is 14.7 Å². The molecule has 35 heavy (non-hydrogen) atoms. The molecule has 1 aliphatic heterocycles. The standard InChI is InChI=1S/C27H30N2O6/c1-3-33-27(32)29-16-21(23(17-29)26(30)31)14-19-8-7-11-22(15-19)34-13-12-24-18(2)35-25(28-24)20-9-5-4-6-10-20/h4-11,15,21,23H,3,12-14,16-17H2,1-2H3,(H,30,31)/t21-,23+/m1/s1. The maximum atomic E-state index is 12.1. The quantitative estimate of drug-likeness (QED) is 0.479. The van der Waals surface area contributed by atoms with Crippen LogP contribution in [0.2, 0.25) is 0 Å². The number of oxazole rings is 1. The van der Waals surface area contributed by atoms with E-state index in [1.165, 1.54) is 4.90 Å². The Morgan fingerprint density at radius 1 is 1.14 bits per heavy atom. The molecule has 1 aromatic heterocycles. The summed E-state index contributed by atoms with van der Waals surface area (Å²) < 4.78 is 16.8. The lowest BCUT2D eigenvalue weighted by Crippen LogP contribution is -2.30. The van der Waals surface area contributed by atoms with Gasteiger partial charge < -0.3 is 23.9 Å². The third-order valence-electron chi connectivity index (χ3n) is 6.20. The van der Waals surface area contributed by atoms with Gasteiger partial charge in [0.15, 0.2) is 0 Å². The van der Waals surface area contributed by atoms with Crippen molar-refractivity contribution in [3.8, 4) is 17.2 Å². The molecule has 4 rings (SSSR count). The number of carbonyl (C=O) groups is 2. The molecule has 184 valence electrons. The highest BCUT2D eigenvalue weighted by molar-refractivity contribution is 5.74. The molecule has 1 aliphatic rings. The molecule has 0 aliphatic carbocycles. The SMILES string of the molecule is CCOC(=O)N1C[C@@H](Cc2cccc(OCCc3nc(-c4ccccc4)oc3C)c2)[C@@H](C(=O)O)C1. The predicted molar refractivity (Wildman–Crippen MR) is 129 cm³/mol. The van der Waals surface area contributed by atoms with Gasteiger partial charge in [0.25, 0.3) is 0 Å². The first kappa shape index (κ1) is 24.3. The summed E-state index contributed by atoms with van der Waals surface area (Å²) in [6.45, 7) is 4.85. The van der Waals surface area contributed by atoms with Gasteiger partial charge >= 0.3 is 12.1 Å². The number of ether oxygens (including phenoxy) is 2. The van der Waals surface area contributed by atoms with E-state index in [0.717, 1.165) is 22.6 Å². The third kappa shape index (κ3) is 6.01. The second-order valence-corrected chi connectivity index (χ2v) is 8.65. The van der Waals surface area contributed by atoms with Crippen LogP contribution in [0.5, 0.6) is 5.75 Å². The van der Waals surface area contributed by atoms with Crippen LogP contribution in [-0.2, 0) is 22.4 Å². The summed E-state index contributed by atoms with van der Waals surface area (Å²) in [4.78, 5) is 30.0. The third-order valence-corrected chi connectivity index (χ3v) is 6.20. The van der Waals surface area contributed by atoms with Gasteiger partial charge in [0, 0.05) is 25.1 Å². The van der Waals surface area contributed by atoms with Crippen LogP contribution < -0.4 is 4.74 Å². The summed E-state index contributed by atoms with van der Waals surface area (Å²) in [6, 6.07) is 17.4. The smallest absolute Gasteiger partial charge is 0.409 e. The van der Waals surface area contributed by atoms with Crippen LogP contribution >= 0.6 is 0 Å². The summed E-state index contributed by atoms with van der Waals surface area (Å²) in [5.74, 6) is 0.361. The number of aromatic nitrogens is 1. The fraction of sp³-hybridized carbons (Fsp3) is 0.370. The average molecular weight is 479 g/mol. The highest BCUT2D eigenvalue weighted by atomic mass is 16.6. The van der Waals surface area contributed by atoms with Gasteiger partial charge in [0.1, 0.15) is 11.5 Å². The van der Waals surface area contributed by atoms with Gasteiger partial charge in [-0.25, -0.2) is 9.78 Å². The molecule has 8 nitrogen and oxygen atoms in total. The lowest BCUT2D eigenvalue weighted by molar-refractivity contribution is -0.142. The maximum Gasteiger partial charge on any atom is 0.409 e. The predicted octanol–water partition coefficient (Wildman–Crippen LogP) is 4.60. The molecule has 8 heteroatoms. The normalized spacial score (nSPS) is 17.4. The molecule has 1 N–H and O–H groups in total. The van der Waals surface area contributed by atoms with Crippen LogP contribution in [0.25, 0.3) is 11.5 Å². The minimum Gasteiger partial charge on any atom is -0.493 e. The van der Waals surface area contributed by atoms with Crippen LogP contribution in [0.1, 0.15) is 23.9 Å². The van der Waals surface area contributed by atoms with Crippen molar-refractivity contribution >= 4 is 12.1 Å². The lowest BCUT2D eigenvalue weighted by atomic mass is 9.90. The second kappa shape index (κ2) is 11.1. The molecular formula is C27H30N2O6. The molecule has 2 heterocycles. The summed E-state index contributed by atoms with van der Waals surface area (Å²) in [5.41, 5.74) is 2.76. The molecule has 0 radical (unpaired) electrons. The van der Waals surface area contributed by atoms with E-state index in [4.69, 9.17) is 13.9 Å². The first-order chi connectivity index (χ1) is 16.9. The number of carbonyl (C=O) groups excluding carboxylic acids is 1. The highest BCUT2D eigenvalue weighted by Gasteiger charge is 2.40. The number of hydrogen-bond acceptors (Lipinski definition) is 6. The average Bonchev–Trinajstić information content (AvgIpc) is 3.44.